The van der Waals surface area contributed by atoms with E-state index in [2.05, 4.69) is 167 Å². The van der Waals surface area contributed by atoms with E-state index in [1.54, 1.807) is 0 Å². The van der Waals surface area contributed by atoms with Gasteiger partial charge in [0.05, 0.1) is 33.3 Å². The van der Waals surface area contributed by atoms with Crippen molar-refractivity contribution in [3.63, 3.8) is 0 Å². The molecule has 8 aromatic carbocycles. The number of imidazole rings is 1. The number of benzene rings is 8. The van der Waals surface area contributed by atoms with Crippen LogP contribution in [0.1, 0.15) is 0 Å². The highest BCUT2D eigenvalue weighted by atomic mass is 15.2. The lowest BCUT2D eigenvalue weighted by molar-refractivity contribution is 1.01. The summed E-state index contributed by atoms with van der Waals surface area (Å²) >= 11 is 0. The van der Waals surface area contributed by atoms with Crippen molar-refractivity contribution in [3.8, 4) is 34.3 Å². The Bertz CT molecular complexity index is 3160. The second-order valence-electron chi connectivity index (χ2n) is 13.3. The highest BCUT2D eigenvalue weighted by Crippen LogP contribution is 2.39. The van der Waals surface area contributed by atoms with Gasteiger partial charge in [-0.15, -0.1) is 0 Å². The van der Waals surface area contributed by atoms with Gasteiger partial charge in [0.25, 0.3) is 0 Å². The van der Waals surface area contributed by atoms with Gasteiger partial charge in [0, 0.05) is 33.0 Å². The molecule has 0 saturated heterocycles. The number of aromatic nitrogens is 5. The lowest BCUT2D eigenvalue weighted by atomic mass is 9.99. The minimum Gasteiger partial charge on any atom is -0.292 e. The maximum Gasteiger partial charge on any atom is 0.235 e. The Balaban J connectivity index is 1.18. The smallest absolute Gasteiger partial charge is 0.235 e. The molecule has 0 bridgehead atoms. The van der Waals surface area contributed by atoms with Crippen LogP contribution in [-0.2, 0) is 0 Å². The molecule has 0 aliphatic heterocycles. The summed E-state index contributed by atoms with van der Waals surface area (Å²) in [5.41, 5.74) is 9.26. The summed E-state index contributed by atoms with van der Waals surface area (Å²) in [6.45, 7) is 0. The van der Waals surface area contributed by atoms with Gasteiger partial charge in [0.15, 0.2) is 0 Å². The van der Waals surface area contributed by atoms with Crippen LogP contribution in [0.2, 0.25) is 0 Å². The zero-order valence-electron chi connectivity index (χ0n) is 28.0. The normalized spacial score (nSPS) is 11.8. The molecule has 0 spiro atoms. The maximum atomic E-state index is 5.28. The Morgan fingerprint density at radius 2 is 0.962 bits per heavy atom. The molecule has 3 aromatic heterocycles. The second kappa shape index (κ2) is 11.2. The number of hydrogen-bond donors (Lipinski definition) is 0. The van der Waals surface area contributed by atoms with Crippen molar-refractivity contribution in [1.82, 2.24) is 24.1 Å². The Morgan fingerprint density at radius 1 is 0.346 bits per heavy atom. The van der Waals surface area contributed by atoms with Crippen molar-refractivity contribution in [3.05, 3.63) is 176 Å². The molecule has 11 aromatic rings. The summed E-state index contributed by atoms with van der Waals surface area (Å²) in [6, 6.07) is 61.9. The molecule has 0 unspecified atom stereocenters. The van der Waals surface area contributed by atoms with E-state index in [4.69, 9.17) is 15.0 Å². The highest BCUT2D eigenvalue weighted by Gasteiger charge is 2.20. The van der Waals surface area contributed by atoms with Crippen molar-refractivity contribution >= 4 is 65.3 Å². The molecule has 5 nitrogen and oxygen atoms in total. The standard InChI is InChI=1S/C47H29N5/c1-4-14-30(15-5-1)45-36-21-10-12-22-40(36)49-47(50-45)52-42-23-13-11-20-35(42)39-28-37-32(26-43(39)52)24-25-33-27-44-41(29-38(33)37)48-46(31-16-6-2-7-17-31)51(44)34-18-8-3-9-19-34/h1-29H. The molecule has 52 heavy (non-hydrogen) atoms. The number of rotatable bonds is 4. The van der Waals surface area contributed by atoms with Crippen LogP contribution in [0.5, 0.6) is 0 Å². The molecule has 5 heteroatoms. The molecule has 0 saturated carbocycles. The topological polar surface area (TPSA) is 48.5 Å². The predicted octanol–water partition coefficient (Wildman–Crippen LogP) is 11.7. The van der Waals surface area contributed by atoms with Crippen LogP contribution in [0.3, 0.4) is 0 Å². The minimum atomic E-state index is 0.658. The van der Waals surface area contributed by atoms with E-state index in [0.29, 0.717) is 5.95 Å². The van der Waals surface area contributed by atoms with Gasteiger partial charge < -0.3 is 0 Å². The predicted molar refractivity (Wildman–Crippen MR) is 214 cm³/mol. The molecule has 0 radical (unpaired) electrons. The Morgan fingerprint density at radius 3 is 1.73 bits per heavy atom. The molecule has 242 valence electrons. The third kappa shape index (κ3) is 4.33. The Hall–Kier alpha value is -7.11. The van der Waals surface area contributed by atoms with Crippen LogP contribution in [0.15, 0.2) is 176 Å². The van der Waals surface area contributed by atoms with Crippen molar-refractivity contribution in [2.75, 3.05) is 0 Å². The molecular formula is C47H29N5. The molecule has 11 rings (SSSR count). The molecule has 0 aliphatic carbocycles. The van der Waals surface area contributed by atoms with E-state index in [1.807, 2.05) is 18.2 Å². The zero-order chi connectivity index (χ0) is 34.2. The van der Waals surface area contributed by atoms with Crippen molar-refractivity contribution in [2.45, 2.75) is 0 Å². The molecular weight excluding hydrogens is 635 g/mol. The second-order valence-corrected chi connectivity index (χ2v) is 13.3. The fraction of sp³-hybridized carbons (Fsp3) is 0. The van der Waals surface area contributed by atoms with Crippen molar-refractivity contribution in [2.24, 2.45) is 0 Å². The van der Waals surface area contributed by atoms with Gasteiger partial charge in [0.1, 0.15) is 5.82 Å². The largest absolute Gasteiger partial charge is 0.292 e. The molecule has 3 heterocycles. The van der Waals surface area contributed by atoms with E-state index in [1.165, 1.54) is 16.2 Å². The van der Waals surface area contributed by atoms with Gasteiger partial charge >= 0.3 is 0 Å². The van der Waals surface area contributed by atoms with E-state index >= 15 is 0 Å². The third-order valence-electron chi connectivity index (χ3n) is 10.3. The van der Waals surface area contributed by atoms with Crippen LogP contribution in [0.4, 0.5) is 0 Å². The maximum absolute atomic E-state index is 5.28. The van der Waals surface area contributed by atoms with Crippen LogP contribution in [-0.4, -0.2) is 24.1 Å². The Kier molecular flexibility index (Phi) is 6.18. The van der Waals surface area contributed by atoms with Crippen molar-refractivity contribution in [1.29, 1.82) is 0 Å². The number of fused-ring (bicyclic) bond motifs is 8. The van der Waals surface area contributed by atoms with E-state index in [9.17, 15) is 0 Å². The summed E-state index contributed by atoms with van der Waals surface area (Å²) in [4.78, 5) is 15.7. The summed E-state index contributed by atoms with van der Waals surface area (Å²) < 4.78 is 4.50. The molecule has 0 amide bonds. The van der Waals surface area contributed by atoms with Gasteiger partial charge in [-0.3, -0.25) is 9.13 Å². The quantitative estimate of drug-likeness (QED) is 0.176. The van der Waals surface area contributed by atoms with Gasteiger partial charge in [-0.25, -0.2) is 15.0 Å². The fourth-order valence-corrected chi connectivity index (χ4v) is 7.91. The third-order valence-corrected chi connectivity index (χ3v) is 10.3. The monoisotopic (exact) mass is 663 g/mol. The van der Waals surface area contributed by atoms with E-state index in [-0.39, 0.29) is 0 Å². The highest BCUT2D eigenvalue weighted by molar-refractivity contribution is 6.19. The van der Waals surface area contributed by atoms with Crippen LogP contribution in [0, 0.1) is 0 Å². The van der Waals surface area contributed by atoms with Gasteiger partial charge in [-0.2, -0.15) is 0 Å². The molecule has 0 aliphatic rings. The lowest BCUT2D eigenvalue weighted by Gasteiger charge is -2.12. The first kappa shape index (κ1) is 28.7. The minimum absolute atomic E-state index is 0.658. The van der Waals surface area contributed by atoms with Gasteiger partial charge in [-0.05, 0) is 70.1 Å². The summed E-state index contributed by atoms with van der Waals surface area (Å²) in [7, 11) is 0. The lowest BCUT2D eigenvalue weighted by Crippen LogP contribution is -2.03. The SMILES string of the molecule is c1ccc(-c2nc(-n3c4ccccc4c4cc5c(ccc6cc7c(cc65)nc(-c5ccccc5)n7-c5ccccc5)cc43)nc3ccccc23)cc1. The average Bonchev–Trinajstić information content (AvgIpc) is 3.75. The summed E-state index contributed by atoms with van der Waals surface area (Å²) in [6.07, 6.45) is 0. The van der Waals surface area contributed by atoms with E-state index in [0.717, 1.165) is 77.5 Å². The van der Waals surface area contributed by atoms with Crippen LogP contribution < -0.4 is 0 Å². The molecule has 0 N–H and O–H groups in total. The first-order valence-electron chi connectivity index (χ1n) is 17.5. The average molecular weight is 664 g/mol. The molecule has 0 fully saturated rings. The van der Waals surface area contributed by atoms with Gasteiger partial charge in [-0.1, -0.05) is 127 Å². The Labute approximate surface area is 298 Å². The first-order valence-corrected chi connectivity index (χ1v) is 17.5. The van der Waals surface area contributed by atoms with Crippen LogP contribution in [0.25, 0.3) is 99.6 Å². The zero-order valence-corrected chi connectivity index (χ0v) is 28.0. The van der Waals surface area contributed by atoms with Gasteiger partial charge in [0.2, 0.25) is 5.95 Å². The summed E-state index contributed by atoms with van der Waals surface area (Å²) in [5, 5.41) is 8.04. The first-order chi connectivity index (χ1) is 25.8. The molecule has 0 atom stereocenters. The van der Waals surface area contributed by atoms with Crippen LogP contribution >= 0.6 is 0 Å². The van der Waals surface area contributed by atoms with E-state index < -0.39 is 0 Å². The number of hydrogen-bond acceptors (Lipinski definition) is 3. The number of para-hydroxylation sites is 3. The summed E-state index contributed by atoms with van der Waals surface area (Å²) in [5.74, 6) is 1.59. The fourth-order valence-electron chi connectivity index (χ4n) is 7.91. The van der Waals surface area contributed by atoms with Crippen molar-refractivity contribution < 1.29 is 0 Å². The number of nitrogens with zero attached hydrogens (tertiary/aromatic N) is 5.